The van der Waals surface area contributed by atoms with Gasteiger partial charge in [-0.15, -0.1) is 22.9 Å². The Bertz CT molecular complexity index is 566. The maximum atomic E-state index is 12.1. The van der Waals surface area contributed by atoms with Crippen molar-refractivity contribution in [3.8, 4) is 0 Å². The first-order chi connectivity index (χ1) is 9.08. The molecule has 0 radical (unpaired) electrons. The van der Waals surface area contributed by atoms with Crippen LogP contribution in [0.2, 0.25) is 0 Å². The van der Waals surface area contributed by atoms with Crippen LogP contribution < -0.4 is 0 Å². The average Bonchev–Trinajstić information content (AvgIpc) is 2.98. The summed E-state index contributed by atoms with van der Waals surface area (Å²) in [4.78, 5) is 18.0. The van der Waals surface area contributed by atoms with Crippen molar-refractivity contribution in [3.63, 3.8) is 0 Å². The van der Waals surface area contributed by atoms with Crippen molar-refractivity contribution in [2.45, 2.75) is 18.8 Å². The molecule has 19 heavy (non-hydrogen) atoms. The Kier molecular flexibility index (Phi) is 4.55. The van der Waals surface area contributed by atoms with Crippen molar-refractivity contribution >= 4 is 28.8 Å². The fourth-order valence-electron chi connectivity index (χ4n) is 1.67. The number of aryl methyl sites for hydroxylation is 1. The molecule has 0 fully saturated rings. The van der Waals surface area contributed by atoms with E-state index < -0.39 is 0 Å². The monoisotopic (exact) mass is 298 g/mol. The van der Waals surface area contributed by atoms with Crippen molar-refractivity contribution in [3.05, 3.63) is 34.0 Å². The van der Waals surface area contributed by atoms with Gasteiger partial charge in [-0.3, -0.25) is 9.48 Å². The summed E-state index contributed by atoms with van der Waals surface area (Å²) in [6.45, 7) is 0.556. The van der Waals surface area contributed by atoms with E-state index in [1.807, 2.05) is 18.6 Å². The molecule has 5 nitrogen and oxygen atoms in total. The predicted molar refractivity (Wildman–Crippen MR) is 75.1 cm³/mol. The highest BCUT2D eigenvalue weighted by atomic mass is 35.5. The molecule has 2 rings (SSSR count). The number of likely N-dealkylation sites (N-methyl/N-ethyl adjacent to an activating group) is 1. The van der Waals surface area contributed by atoms with Gasteiger partial charge in [-0.1, -0.05) is 0 Å². The normalized spacial score (nSPS) is 10.7. The molecule has 1 amide bonds. The van der Waals surface area contributed by atoms with Gasteiger partial charge in [0.1, 0.15) is 5.01 Å². The number of hydrogen-bond acceptors (Lipinski definition) is 4. The number of amides is 1. The molecule has 0 saturated heterocycles. The number of thiazole rings is 1. The van der Waals surface area contributed by atoms with E-state index in [4.69, 9.17) is 11.6 Å². The highest BCUT2D eigenvalue weighted by molar-refractivity contribution is 7.09. The molecule has 0 aliphatic carbocycles. The van der Waals surface area contributed by atoms with Gasteiger partial charge in [0.2, 0.25) is 5.91 Å². The maximum absolute atomic E-state index is 12.1. The van der Waals surface area contributed by atoms with Gasteiger partial charge in [-0.2, -0.15) is 5.10 Å². The van der Waals surface area contributed by atoms with Crippen LogP contribution in [0.4, 0.5) is 0 Å². The third-order valence-corrected chi connectivity index (χ3v) is 3.81. The zero-order valence-corrected chi connectivity index (χ0v) is 12.4. The number of carbonyl (C=O) groups is 1. The van der Waals surface area contributed by atoms with Crippen molar-refractivity contribution in [2.24, 2.45) is 7.05 Å². The largest absolute Gasteiger partial charge is 0.341 e. The van der Waals surface area contributed by atoms with E-state index in [-0.39, 0.29) is 5.91 Å². The quantitative estimate of drug-likeness (QED) is 0.791. The SMILES string of the molecule is CN(Cc1cnn(C)c1)C(=O)Cc1nc(CCl)cs1. The van der Waals surface area contributed by atoms with E-state index in [1.54, 1.807) is 22.8 Å². The van der Waals surface area contributed by atoms with Crippen LogP contribution in [0, 0.1) is 0 Å². The number of alkyl halides is 1. The van der Waals surface area contributed by atoms with Crippen LogP contribution in [0.3, 0.4) is 0 Å². The predicted octanol–water partition coefficient (Wildman–Crippen LogP) is 1.82. The third-order valence-electron chi connectivity index (χ3n) is 2.64. The first-order valence-corrected chi connectivity index (χ1v) is 7.20. The van der Waals surface area contributed by atoms with Crippen LogP contribution in [0.5, 0.6) is 0 Å². The second kappa shape index (κ2) is 6.16. The average molecular weight is 299 g/mol. The molecule has 102 valence electrons. The molecule has 0 aliphatic rings. The van der Waals surface area contributed by atoms with E-state index >= 15 is 0 Å². The summed E-state index contributed by atoms with van der Waals surface area (Å²) in [5.74, 6) is 0.426. The van der Waals surface area contributed by atoms with Crippen LogP contribution in [0.15, 0.2) is 17.8 Å². The molecular weight excluding hydrogens is 284 g/mol. The number of nitrogens with zero attached hydrogens (tertiary/aromatic N) is 4. The van der Waals surface area contributed by atoms with E-state index in [9.17, 15) is 4.79 Å². The molecule has 0 bridgehead atoms. The molecule has 2 aromatic rings. The second-order valence-electron chi connectivity index (χ2n) is 4.32. The lowest BCUT2D eigenvalue weighted by atomic mass is 10.3. The van der Waals surface area contributed by atoms with Crippen LogP contribution in [0.25, 0.3) is 0 Å². The lowest BCUT2D eigenvalue weighted by molar-refractivity contribution is -0.129. The Balaban J connectivity index is 1.91. The number of halogens is 1. The molecular formula is C12H15ClN4OS. The lowest BCUT2D eigenvalue weighted by Gasteiger charge is -2.15. The lowest BCUT2D eigenvalue weighted by Crippen LogP contribution is -2.27. The maximum Gasteiger partial charge on any atom is 0.229 e. The van der Waals surface area contributed by atoms with Gasteiger partial charge in [-0.05, 0) is 0 Å². The Morgan fingerprint density at radius 2 is 2.37 bits per heavy atom. The summed E-state index contributed by atoms with van der Waals surface area (Å²) in [6, 6.07) is 0. The zero-order valence-electron chi connectivity index (χ0n) is 10.8. The number of aromatic nitrogens is 3. The summed E-state index contributed by atoms with van der Waals surface area (Å²) in [7, 11) is 3.64. The molecule has 2 heterocycles. The number of rotatable bonds is 5. The molecule has 0 aliphatic heterocycles. The van der Waals surface area contributed by atoms with E-state index in [0.29, 0.717) is 18.8 Å². The molecule has 0 unspecified atom stereocenters. The van der Waals surface area contributed by atoms with Crippen molar-refractivity contribution in [1.82, 2.24) is 19.7 Å². The van der Waals surface area contributed by atoms with Crippen LogP contribution in [0.1, 0.15) is 16.3 Å². The molecule has 0 aromatic carbocycles. The Morgan fingerprint density at radius 1 is 1.58 bits per heavy atom. The molecule has 2 aromatic heterocycles. The highest BCUT2D eigenvalue weighted by Crippen LogP contribution is 2.13. The molecule has 0 saturated carbocycles. The van der Waals surface area contributed by atoms with E-state index in [2.05, 4.69) is 10.1 Å². The van der Waals surface area contributed by atoms with Crippen LogP contribution >= 0.6 is 22.9 Å². The van der Waals surface area contributed by atoms with E-state index in [0.717, 1.165) is 16.3 Å². The third kappa shape index (κ3) is 3.78. The van der Waals surface area contributed by atoms with Crippen molar-refractivity contribution in [1.29, 1.82) is 0 Å². The van der Waals surface area contributed by atoms with E-state index in [1.165, 1.54) is 11.3 Å². The van der Waals surface area contributed by atoms with Crippen LogP contribution in [-0.2, 0) is 30.7 Å². The zero-order chi connectivity index (χ0) is 13.8. The minimum atomic E-state index is 0.0410. The Hall–Kier alpha value is -1.40. The Morgan fingerprint density at radius 3 is 2.95 bits per heavy atom. The van der Waals surface area contributed by atoms with Gasteiger partial charge in [0.25, 0.3) is 0 Å². The summed E-state index contributed by atoms with van der Waals surface area (Å²) < 4.78 is 1.72. The smallest absolute Gasteiger partial charge is 0.229 e. The summed E-state index contributed by atoms with van der Waals surface area (Å²) in [6.07, 6.45) is 3.98. The van der Waals surface area contributed by atoms with Gasteiger partial charge in [0.15, 0.2) is 0 Å². The first-order valence-electron chi connectivity index (χ1n) is 5.79. The summed E-state index contributed by atoms with van der Waals surface area (Å²) in [5.41, 5.74) is 1.84. The van der Waals surface area contributed by atoms with Crippen molar-refractivity contribution in [2.75, 3.05) is 7.05 Å². The summed E-state index contributed by atoms with van der Waals surface area (Å²) >= 11 is 7.16. The molecule has 0 spiro atoms. The number of carbonyl (C=O) groups excluding carboxylic acids is 1. The highest BCUT2D eigenvalue weighted by Gasteiger charge is 2.13. The fraction of sp³-hybridized carbons (Fsp3) is 0.417. The Labute approximate surface area is 120 Å². The fourth-order valence-corrected chi connectivity index (χ4v) is 2.68. The second-order valence-corrected chi connectivity index (χ2v) is 5.52. The van der Waals surface area contributed by atoms with Crippen molar-refractivity contribution < 1.29 is 4.79 Å². The van der Waals surface area contributed by atoms with Gasteiger partial charge in [0.05, 0.1) is 24.2 Å². The number of hydrogen-bond donors (Lipinski definition) is 0. The van der Waals surface area contributed by atoms with Gasteiger partial charge in [0, 0.05) is 37.8 Å². The summed E-state index contributed by atoms with van der Waals surface area (Å²) in [5, 5.41) is 6.77. The van der Waals surface area contributed by atoms with Gasteiger partial charge >= 0.3 is 0 Å². The first kappa shape index (κ1) is 14.0. The molecule has 0 atom stereocenters. The molecule has 7 heteroatoms. The van der Waals surface area contributed by atoms with Gasteiger partial charge in [-0.25, -0.2) is 4.98 Å². The minimum Gasteiger partial charge on any atom is -0.341 e. The van der Waals surface area contributed by atoms with Gasteiger partial charge < -0.3 is 4.90 Å². The standard InChI is InChI=1S/C12H15ClN4OS/c1-16(6-9-5-14-17(2)7-9)12(18)3-11-15-10(4-13)8-19-11/h5,7-8H,3-4,6H2,1-2H3. The minimum absolute atomic E-state index is 0.0410. The van der Waals surface area contributed by atoms with Crippen LogP contribution in [-0.4, -0.2) is 32.6 Å². The topological polar surface area (TPSA) is 51.0 Å². The molecule has 0 N–H and O–H groups in total.